The van der Waals surface area contributed by atoms with Crippen LogP contribution in [0.25, 0.3) is 0 Å². The van der Waals surface area contributed by atoms with Crippen LogP contribution in [0, 0.1) is 0 Å². The highest BCUT2D eigenvalue weighted by Crippen LogP contribution is 2.54. The van der Waals surface area contributed by atoms with E-state index in [0.717, 1.165) is 18.4 Å². The summed E-state index contributed by atoms with van der Waals surface area (Å²) in [5.41, 5.74) is 0.805. The number of ether oxygens (including phenoxy) is 4. The van der Waals surface area contributed by atoms with E-state index < -0.39 is 29.9 Å². The molecule has 126 valence electrons. The first-order valence-corrected chi connectivity index (χ1v) is 8.19. The van der Waals surface area contributed by atoms with Crippen molar-refractivity contribution >= 4 is 0 Å². The molecule has 0 amide bonds. The molecule has 2 bridgehead atoms. The standard InChI is InChI=1S/C17H22O6/c18-10-13(19)15-14-11-21-16(8-4-5-9-20-16)17(22-14,23-15)12-6-2-1-3-7-12/h1-3,6-7,13-15,18-19H,4-5,8-11H2/t13-,14+,15+,16-,17-/m0/s1. The van der Waals surface area contributed by atoms with E-state index in [1.165, 1.54) is 0 Å². The van der Waals surface area contributed by atoms with Gasteiger partial charge >= 0.3 is 0 Å². The van der Waals surface area contributed by atoms with E-state index in [9.17, 15) is 10.2 Å². The zero-order valence-corrected chi connectivity index (χ0v) is 12.9. The fourth-order valence-corrected chi connectivity index (χ4v) is 3.78. The summed E-state index contributed by atoms with van der Waals surface area (Å²) in [7, 11) is 0. The Labute approximate surface area is 134 Å². The molecule has 1 aromatic rings. The van der Waals surface area contributed by atoms with Gasteiger partial charge in [0, 0.05) is 12.0 Å². The second kappa shape index (κ2) is 5.81. The maximum Gasteiger partial charge on any atom is 0.252 e. The molecule has 0 aromatic heterocycles. The normalized spacial score (nSPS) is 41.1. The minimum absolute atomic E-state index is 0.274. The number of hydrogen-bond acceptors (Lipinski definition) is 6. The topological polar surface area (TPSA) is 77.4 Å². The Bertz CT molecular complexity index is 543. The summed E-state index contributed by atoms with van der Waals surface area (Å²) in [6.07, 6.45) is 0.490. The second-order valence-corrected chi connectivity index (χ2v) is 6.34. The van der Waals surface area contributed by atoms with Crippen LogP contribution in [0.5, 0.6) is 0 Å². The zero-order valence-electron chi connectivity index (χ0n) is 12.9. The fourth-order valence-electron chi connectivity index (χ4n) is 3.78. The first kappa shape index (κ1) is 15.5. The van der Waals surface area contributed by atoms with Gasteiger partial charge in [-0.05, 0) is 12.8 Å². The molecule has 0 saturated carbocycles. The van der Waals surface area contributed by atoms with Crippen molar-refractivity contribution in [3.63, 3.8) is 0 Å². The molecule has 6 nitrogen and oxygen atoms in total. The lowest BCUT2D eigenvalue weighted by atomic mass is 9.90. The van der Waals surface area contributed by atoms with Crippen molar-refractivity contribution in [3.8, 4) is 0 Å². The van der Waals surface area contributed by atoms with Crippen LogP contribution in [0.3, 0.4) is 0 Å². The van der Waals surface area contributed by atoms with Crippen LogP contribution >= 0.6 is 0 Å². The highest BCUT2D eigenvalue weighted by molar-refractivity contribution is 5.26. The first-order valence-electron chi connectivity index (χ1n) is 8.19. The van der Waals surface area contributed by atoms with Gasteiger partial charge in [0.2, 0.25) is 5.79 Å². The number of aliphatic hydroxyl groups is 2. The predicted molar refractivity (Wildman–Crippen MR) is 79.4 cm³/mol. The summed E-state index contributed by atoms with van der Waals surface area (Å²) >= 11 is 0. The van der Waals surface area contributed by atoms with Crippen LogP contribution < -0.4 is 0 Å². The van der Waals surface area contributed by atoms with Crippen molar-refractivity contribution in [1.82, 2.24) is 0 Å². The monoisotopic (exact) mass is 322 g/mol. The Kier molecular flexibility index (Phi) is 3.91. The van der Waals surface area contributed by atoms with Gasteiger partial charge in [0.05, 0.1) is 19.8 Å². The Hall–Kier alpha value is -1.02. The summed E-state index contributed by atoms with van der Waals surface area (Å²) in [6, 6.07) is 9.57. The largest absolute Gasteiger partial charge is 0.394 e. The summed E-state index contributed by atoms with van der Waals surface area (Å²) < 4.78 is 24.6. The number of hydrogen-bond donors (Lipinski definition) is 2. The van der Waals surface area contributed by atoms with Gasteiger partial charge in [0.1, 0.15) is 18.3 Å². The van der Waals surface area contributed by atoms with Gasteiger partial charge in [-0.2, -0.15) is 0 Å². The van der Waals surface area contributed by atoms with E-state index in [2.05, 4.69) is 0 Å². The molecular formula is C17H22O6. The van der Waals surface area contributed by atoms with Crippen LogP contribution in [-0.4, -0.2) is 54.1 Å². The third kappa shape index (κ3) is 2.25. The average molecular weight is 322 g/mol. The molecule has 0 unspecified atom stereocenters. The van der Waals surface area contributed by atoms with Crippen molar-refractivity contribution < 1.29 is 29.2 Å². The van der Waals surface area contributed by atoms with Crippen molar-refractivity contribution in [2.75, 3.05) is 19.8 Å². The van der Waals surface area contributed by atoms with Gasteiger partial charge in [-0.1, -0.05) is 30.3 Å². The zero-order chi connectivity index (χ0) is 15.9. The minimum atomic E-state index is -1.21. The number of aliphatic hydroxyl groups excluding tert-OH is 2. The number of fused-ring (bicyclic) bond motifs is 3. The Morgan fingerprint density at radius 1 is 1.13 bits per heavy atom. The summed E-state index contributed by atoms with van der Waals surface area (Å²) in [4.78, 5) is 0. The Morgan fingerprint density at radius 3 is 2.65 bits per heavy atom. The summed E-state index contributed by atoms with van der Waals surface area (Å²) in [5, 5.41) is 19.4. The lowest BCUT2D eigenvalue weighted by Gasteiger charge is -2.50. The highest BCUT2D eigenvalue weighted by atomic mass is 16.8. The van der Waals surface area contributed by atoms with E-state index in [-0.39, 0.29) is 13.2 Å². The molecule has 1 aromatic carbocycles. The lowest BCUT2D eigenvalue weighted by molar-refractivity contribution is -0.428. The third-order valence-electron chi connectivity index (χ3n) is 4.92. The van der Waals surface area contributed by atoms with E-state index >= 15 is 0 Å². The molecule has 23 heavy (non-hydrogen) atoms. The van der Waals surface area contributed by atoms with E-state index in [0.29, 0.717) is 13.0 Å². The van der Waals surface area contributed by atoms with Crippen molar-refractivity contribution in [1.29, 1.82) is 0 Å². The molecule has 3 aliphatic heterocycles. The van der Waals surface area contributed by atoms with Crippen LogP contribution in [0.4, 0.5) is 0 Å². The van der Waals surface area contributed by atoms with Gasteiger partial charge in [-0.25, -0.2) is 0 Å². The molecule has 2 N–H and O–H groups in total. The van der Waals surface area contributed by atoms with Crippen LogP contribution in [0.1, 0.15) is 24.8 Å². The first-order chi connectivity index (χ1) is 11.2. The third-order valence-corrected chi connectivity index (χ3v) is 4.92. The SMILES string of the molecule is OC[C@H](O)[C@H]1O[C@]2(c3ccccc3)O[C@@H]1CO[C@@]21CCCCO1. The molecule has 3 fully saturated rings. The molecule has 0 aliphatic carbocycles. The fraction of sp³-hybridized carbons (Fsp3) is 0.647. The number of benzene rings is 1. The average Bonchev–Trinajstić information content (AvgIpc) is 2.97. The molecule has 3 heterocycles. The van der Waals surface area contributed by atoms with E-state index in [1.54, 1.807) is 0 Å². The van der Waals surface area contributed by atoms with Crippen LogP contribution in [0.15, 0.2) is 30.3 Å². The molecule has 6 heteroatoms. The van der Waals surface area contributed by atoms with Crippen molar-refractivity contribution in [2.24, 2.45) is 0 Å². The smallest absolute Gasteiger partial charge is 0.252 e. The number of rotatable bonds is 3. The van der Waals surface area contributed by atoms with Crippen LogP contribution in [-0.2, 0) is 24.7 Å². The van der Waals surface area contributed by atoms with Gasteiger partial charge in [-0.15, -0.1) is 0 Å². The van der Waals surface area contributed by atoms with Crippen molar-refractivity contribution in [2.45, 2.75) is 49.1 Å². The molecule has 1 spiro atoms. The Morgan fingerprint density at radius 2 is 1.96 bits per heavy atom. The highest BCUT2D eigenvalue weighted by Gasteiger charge is 2.68. The molecule has 5 atom stereocenters. The van der Waals surface area contributed by atoms with E-state index in [4.69, 9.17) is 18.9 Å². The van der Waals surface area contributed by atoms with Gasteiger partial charge in [0.15, 0.2) is 0 Å². The summed E-state index contributed by atoms with van der Waals surface area (Å²) in [5.74, 6) is -2.22. The lowest BCUT2D eigenvalue weighted by Crippen LogP contribution is -2.61. The minimum Gasteiger partial charge on any atom is -0.394 e. The molecule has 4 rings (SSSR count). The maximum absolute atomic E-state index is 10.1. The maximum atomic E-state index is 10.1. The Balaban J connectivity index is 1.78. The van der Waals surface area contributed by atoms with Gasteiger partial charge in [-0.3, -0.25) is 0 Å². The molecule has 3 aliphatic rings. The molecule has 0 radical (unpaired) electrons. The van der Waals surface area contributed by atoms with Gasteiger partial charge in [0.25, 0.3) is 5.79 Å². The van der Waals surface area contributed by atoms with Gasteiger partial charge < -0.3 is 29.2 Å². The quantitative estimate of drug-likeness (QED) is 0.861. The van der Waals surface area contributed by atoms with Crippen molar-refractivity contribution in [3.05, 3.63) is 35.9 Å². The van der Waals surface area contributed by atoms with Crippen LogP contribution in [0.2, 0.25) is 0 Å². The van der Waals surface area contributed by atoms with E-state index in [1.807, 2.05) is 30.3 Å². The summed E-state index contributed by atoms with van der Waals surface area (Å²) in [6.45, 7) is 0.471. The molecule has 3 saturated heterocycles. The second-order valence-electron chi connectivity index (χ2n) is 6.34. The molecular weight excluding hydrogens is 300 g/mol. The predicted octanol–water partition coefficient (Wildman–Crippen LogP) is 0.904.